The first-order valence-corrected chi connectivity index (χ1v) is 19.2. The van der Waals surface area contributed by atoms with Gasteiger partial charge < -0.3 is 25.2 Å². The molecule has 2 atom stereocenters. The van der Waals surface area contributed by atoms with Crippen molar-refractivity contribution in [1.29, 1.82) is 0 Å². The normalized spacial score (nSPS) is 21.2. The number of piperidine rings is 1. The Hall–Kier alpha value is -5.63. The van der Waals surface area contributed by atoms with Crippen LogP contribution in [0.3, 0.4) is 0 Å². The number of benzene rings is 2. The van der Waals surface area contributed by atoms with E-state index in [1.54, 1.807) is 12.1 Å². The molecule has 13 nitrogen and oxygen atoms in total. The summed E-state index contributed by atoms with van der Waals surface area (Å²) >= 11 is 0. The molecule has 5 aliphatic rings. The van der Waals surface area contributed by atoms with Crippen LogP contribution in [0.4, 0.5) is 27.4 Å². The van der Waals surface area contributed by atoms with Crippen LogP contribution < -0.4 is 25.6 Å². The zero-order chi connectivity index (χ0) is 37.6. The minimum absolute atomic E-state index is 0.00474. The van der Waals surface area contributed by atoms with Crippen LogP contribution in [0.15, 0.2) is 54.9 Å². The molecule has 0 spiro atoms. The second-order valence-corrected chi connectivity index (χ2v) is 15.3. The van der Waals surface area contributed by atoms with Crippen LogP contribution in [0.1, 0.15) is 64.6 Å². The zero-order valence-electron chi connectivity index (χ0n) is 30.8. The lowest BCUT2D eigenvalue weighted by Crippen LogP contribution is -2.51. The molecule has 3 fully saturated rings. The fraction of sp³-hybridized carbons (Fsp3) is 0.415. The maximum Gasteiger partial charge on any atom is 0.237 e. The highest BCUT2D eigenvalue weighted by atomic mass is 19.1. The number of hydrogen-bond donors (Lipinski definition) is 3. The Balaban J connectivity index is 0.765. The largest absolute Gasteiger partial charge is 0.474 e. The molecule has 3 N–H and O–H groups in total. The van der Waals surface area contributed by atoms with Crippen molar-refractivity contribution in [2.45, 2.75) is 63.5 Å². The van der Waals surface area contributed by atoms with Gasteiger partial charge in [-0.05, 0) is 60.6 Å². The molecule has 0 aliphatic carbocycles. The molecular formula is C41H44FN9O4. The summed E-state index contributed by atoms with van der Waals surface area (Å²) in [4.78, 5) is 57.5. The van der Waals surface area contributed by atoms with Crippen LogP contribution in [0.25, 0.3) is 0 Å². The number of pyridine rings is 1. The summed E-state index contributed by atoms with van der Waals surface area (Å²) in [5, 5.41) is 9.00. The van der Waals surface area contributed by atoms with Gasteiger partial charge in [-0.3, -0.25) is 24.6 Å². The molecule has 55 heavy (non-hydrogen) atoms. The van der Waals surface area contributed by atoms with E-state index in [2.05, 4.69) is 54.8 Å². The number of anilines is 4. The second-order valence-electron chi connectivity index (χ2n) is 15.3. The number of halogens is 1. The van der Waals surface area contributed by atoms with Crippen molar-refractivity contribution in [2.75, 3.05) is 61.4 Å². The van der Waals surface area contributed by atoms with Crippen LogP contribution in [0.2, 0.25) is 0 Å². The Morgan fingerprint density at radius 1 is 1.00 bits per heavy atom. The van der Waals surface area contributed by atoms with E-state index in [9.17, 15) is 14.4 Å². The van der Waals surface area contributed by atoms with Gasteiger partial charge in [0.1, 0.15) is 18.1 Å². The number of amides is 3. The SMILES string of the molecule is Cc1c(N2CCc3cnc(Nc4ccc(CC(=O)N5CCC(N6CC(c7ccc(C8CCC(=O)NC8=O)cc7)C6)C5)c(F)c4)nc3C2)cnc2c1NCCO2. The molecule has 0 bridgehead atoms. The molecule has 0 saturated carbocycles. The van der Waals surface area contributed by atoms with E-state index in [1.165, 1.54) is 11.6 Å². The molecule has 2 aromatic carbocycles. The summed E-state index contributed by atoms with van der Waals surface area (Å²) in [5.41, 5.74) is 8.12. The average Bonchev–Trinajstić information content (AvgIpc) is 3.66. The van der Waals surface area contributed by atoms with E-state index in [-0.39, 0.29) is 36.1 Å². The highest BCUT2D eigenvalue weighted by Crippen LogP contribution is 2.37. The molecule has 14 heteroatoms. The number of carbonyl (C=O) groups is 3. The summed E-state index contributed by atoms with van der Waals surface area (Å²) < 4.78 is 21.1. The van der Waals surface area contributed by atoms with Gasteiger partial charge in [-0.1, -0.05) is 30.3 Å². The number of likely N-dealkylation sites (tertiary alicyclic amines) is 2. The number of imide groups is 1. The number of nitrogens with one attached hydrogen (secondary N) is 3. The van der Waals surface area contributed by atoms with E-state index >= 15 is 4.39 Å². The number of hydrogen-bond acceptors (Lipinski definition) is 11. The maximum atomic E-state index is 15.4. The molecule has 284 valence electrons. The number of aromatic nitrogens is 3. The van der Waals surface area contributed by atoms with Gasteiger partial charge in [0.25, 0.3) is 0 Å². The predicted octanol–water partition coefficient (Wildman–Crippen LogP) is 4.19. The summed E-state index contributed by atoms with van der Waals surface area (Å²) in [6.45, 7) is 7.98. The number of rotatable bonds is 8. The van der Waals surface area contributed by atoms with Crippen molar-refractivity contribution >= 4 is 40.7 Å². The van der Waals surface area contributed by atoms with E-state index < -0.39 is 5.82 Å². The molecule has 7 heterocycles. The van der Waals surface area contributed by atoms with Gasteiger partial charge in [0, 0.05) is 75.1 Å². The highest BCUT2D eigenvalue weighted by Gasteiger charge is 2.38. The van der Waals surface area contributed by atoms with Crippen LogP contribution in [-0.4, -0.2) is 94.4 Å². The number of ether oxygens (including phenoxy) is 1. The average molecular weight is 746 g/mol. The van der Waals surface area contributed by atoms with Gasteiger partial charge in [-0.2, -0.15) is 0 Å². The van der Waals surface area contributed by atoms with Crippen molar-refractivity contribution in [1.82, 2.24) is 30.1 Å². The van der Waals surface area contributed by atoms with Crippen LogP contribution in [-0.2, 0) is 33.8 Å². The van der Waals surface area contributed by atoms with Gasteiger partial charge in [0.05, 0.1) is 36.5 Å². The first-order valence-electron chi connectivity index (χ1n) is 19.2. The van der Waals surface area contributed by atoms with Crippen molar-refractivity contribution in [3.8, 4) is 5.88 Å². The third-order valence-electron chi connectivity index (χ3n) is 11.8. The lowest BCUT2D eigenvalue weighted by molar-refractivity contribution is -0.134. The highest BCUT2D eigenvalue weighted by molar-refractivity contribution is 6.00. The summed E-state index contributed by atoms with van der Waals surface area (Å²) in [6.07, 6.45) is 6.31. The number of nitrogens with zero attached hydrogens (tertiary/aromatic N) is 6. The van der Waals surface area contributed by atoms with Gasteiger partial charge in [-0.25, -0.2) is 19.3 Å². The zero-order valence-corrected chi connectivity index (χ0v) is 30.8. The van der Waals surface area contributed by atoms with Gasteiger partial charge in [-0.15, -0.1) is 0 Å². The van der Waals surface area contributed by atoms with Crippen LogP contribution in [0.5, 0.6) is 5.88 Å². The molecular weight excluding hydrogens is 702 g/mol. The third kappa shape index (κ3) is 7.06. The Morgan fingerprint density at radius 3 is 2.65 bits per heavy atom. The molecule has 3 saturated heterocycles. The van der Waals surface area contributed by atoms with Gasteiger partial charge in [0.2, 0.25) is 29.5 Å². The first kappa shape index (κ1) is 35.1. The summed E-state index contributed by atoms with van der Waals surface area (Å²) in [6, 6.07) is 13.3. The van der Waals surface area contributed by atoms with Crippen molar-refractivity contribution in [2.24, 2.45) is 0 Å². The Labute approximate surface area is 318 Å². The Kier molecular flexibility index (Phi) is 9.28. The minimum atomic E-state index is -0.444. The van der Waals surface area contributed by atoms with Crippen molar-refractivity contribution < 1.29 is 23.5 Å². The molecule has 3 amide bonds. The van der Waals surface area contributed by atoms with E-state index in [0.29, 0.717) is 68.1 Å². The maximum absolute atomic E-state index is 15.4. The molecule has 9 rings (SSSR count). The van der Waals surface area contributed by atoms with Crippen molar-refractivity contribution in [3.63, 3.8) is 0 Å². The minimum Gasteiger partial charge on any atom is -0.474 e. The van der Waals surface area contributed by atoms with E-state index in [4.69, 9.17) is 9.72 Å². The van der Waals surface area contributed by atoms with Gasteiger partial charge >= 0.3 is 0 Å². The second kappa shape index (κ2) is 14.5. The topological polar surface area (TPSA) is 145 Å². The smallest absolute Gasteiger partial charge is 0.237 e. The first-order chi connectivity index (χ1) is 26.8. The Morgan fingerprint density at radius 2 is 1.84 bits per heavy atom. The lowest BCUT2D eigenvalue weighted by atomic mass is 9.86. The van der Waals surface area contributed by atoms with Crippen LogP contribution in [0, 0.1) is 12.7 Å². The van der Waals surface area contributed by atoms with E-state index in [1.807, 2.05) is 29.4 Å². The van der Waals surface area contributed by atoms with Crippen LogP contribution >= 0.6 is 0 Å². The third-order valence-corrected chi connectivity index (χ3v) is 11.8. The molecule has 5 aliphatic heterocycles. The molecule has 4 aromatic rings. The molecule has 0 radical (unpaired) electrons. The quantitative estimate of drug-likeness (QED) is 0.224. The van der Waals surface area contributed by atoms with Gasteiger partial charge in [0.15, 0.2) is 0 Å². The fourth-order valence-electron chi connectivity index (χ4n) is 8.57. The molecule has 2 unspecified atom stereocenters. The standard InChI is InChI=1S/C41H44FN9O4/c1-24-35(19-44-40-38(24)43-12-15-55-40)49-13-10-28-18-45-41(47-34(28)23-49)46-30-7-6-27(33(42)17-30)16-37(53)50-14-11-31(22-50)51-20-29(21-51)25-2-4-26(5-3-25)32-8-9-36(52)48-39(32)54/h2-7,17-19,29,31-32,43H,8-16,20-23H2,1H3,(H,45,46,47)(H,48,52,54). The van der Waals surface area contributed by atoms with Crippen molar-refractivity contribution in [3.05, 3.63) is 94.2 Å². The molecule has 2 aromatic heterocycles. The Bertz CT molecular complexity index is 2160. The summed E-state index contributed by atoms with van der Waals surface area (Å²) in [7, 11) is 0. The predicted molar refractivity (Wildman–Crippen MR) is 204 cm³/mol. The number of fused-ring (bicyclic) bond motifs is 2. The fourth-order valence-corrected chi connectivity index (χ4v) is 8.57. The summed E-state index contributed by atoms with van der Waals surface area (Å²) in [5.74, 6) is 0.213. The van der Waals surface area contributed by atoms with E-state index in [0.717, 1.165) is 72.8 Å². The monoisotopic (exact) mass is 745 g/mol. The number of carbonyl (C=O) groups excluding carboxylic acids is 3. The lowest BCUT2D eigenvalue weighted by Gasteiger charge is -2.43.